The standard InChI is InChI=1S/C34H43N5O5S/c1-2-19-39(34(40)35-24-26-13-15-29(16-14-26)36-44-41)31-17-20-38(21-18-31)25-28-22-30(23-33(28)27-9-5-3-6-10-27)37-45(42,43)32-11-7-4-8-12-32/h2-16,28,30-31,33,36-37,41H,1,17-25H2,(H,35,40)/t28-,30?,33-/m1/s1. The van der Waals surface area contributed by atoms with E-state index in [1.807, 2.05) is 29.2 Å². The molecule has 3 aromatic carbocycles. The van der Waals surface area contributed by atoms with E-state index in [2.05, 4.69) is 56.3 Å². The van der Waals surface area contributed by atoms with E-state index in [-0.39, 0.29) is 24.0 Å². The number of piperidine rings is 1. The van der Waals surface area contributed by atoms with Crippen molar-refractivity contribution in [3.8, 4) is 0 Å². The molecule has 240 valence electrons. The average Bonchev–Trinajstić information content (AvgIpc) is 3.45. The molecule has 5 rings (SSSR count). The number of carbonyl (C=O) groups excluding carboxylic acids is 1. The van der Waals surface area contributed by atoms with E-state index < -0.39 is 10.0 Å². The lowest BCUT2D eigenvalue weighted by atomic mass is 9.88. The number of benzene rings is 3. The molecule has 11 heteroatoms. The number of amides is 2. The fraction of sp³-hybridized carbons (Fsp3) is 0.382. The summed E-state index contributed by atoms with van der Waals surface area (Å²) in [6.07, 6.45) is 5.02. The Hall–Kier alpha value is -3.74. The van der Waals surface area contributed by atoms with Crippen molar-refractivity contribution in [1.29, 1.82) is 0 Å². The van der Waals surface area contributed by atoms with E-state index in [4.69, 9.17) is 5.26 Å². The quantitative estimate of drug-likeness (QED) is 0.116. The second-order valence-corrected chi connectivity index (χ2v) is 13.6. The lowest BCUT2D eigenvalue weighted by Crippen LogP contribution is -2.51. The Morgan fingerprint density at radius 3 is 2.29 bits per heavy atom. The van der Waals surface area contributed by atoms with E-state index in [9.17, 15) is 13.2 Å². The van der Waals surface area contributed by atoms with Gasteiger partial charge < -0.3 is 15.1 Å². The van der Waals surface area contributed by atoms with Gasteiger partial charge in [-0.3, -0.25) is 0 Å². The van der Waals surface area contributed by atoms with E-state index in [1.54, 1.807) is 42.5 Å². The van der Waals surface area contributed by atoms with Crippen LogP contribution in [0.2, 0.25) is 0 Å². The monoisotopic (exact) mass is 633 g/mol. The van der Waals surface area contributed by atoms with Gasteiger partial charge in [0.25, 0.3) is 0 Å². The highest BCUT2D eigenvalue weighted by Gasteiger charge is 2.39. The summed E-state index contributed by atoms with van der Waals surface area (Å²) >= 11 is 0. The fourth-order valence-electron chi connectivity index (χ4n) is 6.72. The second-order valence-electron chi connectivity index (χ2n) is 11.9. The first-order valence-corrected chi connectivity index (χ1v) is 17.0. The number of carbonyl (C=O) groups is 1. The fourth-order valence-corrected chi connectivity index (χ4v) is 8.01. The van der Waals surface area contributed by atoms with Gasteiger partial charge in [0.15, 0.2) is 0 Å². The maximum absolute atomic E-state index is 13.2. The summed E-state index contributed by atoms with van der Waals surface area (Å²) in [4.78, 5) is 21.8. The van der Waals surface area contributed by atoms with Crippen molar-refractivity contribution >= 4 is 21.7 Å². The molecule has 1 unspecified atom stereocenters. The number of urea groups is 1. The van der Waals surface area contributed by atoms with Crippen LogP contribution < -0.4 is 15.5 Å². The van der Waals surface area contributed by atoms with Crippen molar-refractivity contribution in [2.75, 3.05) is 31.7 Å². The third-order valence-electron chi connectivity index (χ3n) is 8.94. The summed E-state index contributed by atoms with van der Waals surface area (Å²) in [5.74, 6) is 0.571. The van der Waals surface area contributed by atoms with Gasteiger partial charge >= 0.3 is 6.03 Å². The number of hydrogen-bond acceptors (Lipinski definition) is 7. The molecule has 1 heterocycles. The molecule has 1 saturated heterocycles. The van der Waals surface area contributed by atoms with Crippen LogP contribution >= 0.6 is 0 Å². The summed E-state index contributed by atoms with van der Waals surface area (Å²) in [6.45, 7) is 7.34. The Labute approximate surface area is 266 Å². The first-order chi connectivity index (χ1) is 21.9. The third kappa shape index (κ3) is 8.71. The zero-order chi connectivity index (χ0) is 31.6. The molecule has 0 spiro atoms. The van der Waals surface area contributed by atoms with Crippen LogP contribution in [0.5, 0.6) is 0 Å². The van der Waals surface area contributed by atoms with Crippen LogP contribution in [0.1, 0.15) is 42.7 Å². The van der Waals surface area contributed by atoms with Gasteiger partial charge in [-0.2, -0.15) is 0 Å². The van der Waals surface area contributed by atoms with Crippen molar-refractivity contribution in [2.45, 2.75) is 55.1 Å². The molecule has 3 atom stereocenters. The van der Waals surface area contributed by atoms with Crippen LogP contribution in [0.15, 0.2) is 102 Å². The molecule has 2 aliphatic rings. The molecule has 1 aliphatic carbocycles. The van der Waals surface area contributed by atoms with Crippen LogP contribution in [0.25, 0.3) is 0 Å². The molecule has 1 aliphatic heterocycles. The van der Waals surface area contributed by atoms with Crippen LogP contribution in [0.4, 0.5) is 10.5 Å². The number of sulfonamides is 1. The van der Waals surface area contributed by atoms with Gasteiger partial charge in [0.1, 0.15) is 0 Å². The Balaban J connectivity index is 1.17. The molecule has 0 aromatic heterocycles. The Morgan fingerprint density at radius 2 is 1.64 bits per heavy atom. The maximum atomic E-state index is 13.2. The highest BCUT2D eigenvalue weighted by molar-refractivity contribution is 7.89. The first-order valence-electron chi connectivity index (χ1n) is 15.5. The SMILES string of the molecule is C=CCN(C(=O)NCc1ccc(NOO)cc1)C1CCN(C[C@H]2CC(NS(=O)(=O)c3ccccc3)C[C@@H]2c2ccccc2)CC1. The Morgan fingerprint density at radius 1 is 0.978 bits per heavy atom. The van der Waals surface area contributed by atoms with Gasteiger partial charge in [-0.05, 0) is 72.9 Å². The van der Waals surface area contributed by atoms with Crippen LogP contribution in [-0.4, -0.2) is 67.8 Å². The van der Waals surface area contributed by atoms with Crippen molar-refractivity contribution < 1.29 is 23.5 Å². The number of rotatable bonds is 13. The van der Waals surface area contributed by atoms with E-state index in [1.165, 1.54) is 5.56 Å². The molecule has 45 heavy (non-hydrogen) atoms. The summed E-state index contributed by atoms with van der Waals surface area (Å²) in [7, 11) is -3.60. The molecule has 2 amide bonds. The summed E-state index contributed by atoms with van der Waals surface area (Å²) in [5, 5.41) is 11.6. The topological polar surface area (TPSA) is 123 Å². The normalized spacial score (nSPS) is 20.9. The van der Waals surface area contributed by atoms with Gasteiger partial charge in [-0.15, -0.1) is 11.6 Å². The minimum absolute atomic E-state index is 0.103. The third-order valence-corrected chi connectivity index (χ3v) is 10.5. The van der Waals surface area contributed by atoms with Crippen LogP contribution in [0.3, 0.4) is 0 Å². The minimum atomic E-state index is -3.60. The highest BCUT2D eigenvalue weighted by Crippen LogP contribution is 2.41. The number of nitrogens with zero attached hydrogens (tertiary/aromatic N) is 2. The van der Waals surface area contributed by atoms with E-state index in [0.717, 1.165) is 50.9 Å². The first kappa shape index (κ1) is 32.6. The molecule has 2 fully saturated rings. The van der Waals surface area contributed by atoms with Crippen molar-refractivity contribution in [2.24, 2.45) is 5.92 Å². The van der Waals surface area contributed by atoms with Crippen molar-refractivity contribution in [3.63, 3.8) is 0 Å². The smallest absolute Gasteiger partial charge is 0.318 e. The van der Waals surface area contributed by atoms with Gasteiger partial charge in [0.2, 0.25) is 10.0 Å². The average molecular weight is 634 g/mol. The van der Waals surface area contributed by atoms with Crippen LogP contribution in [-0.2, 0) is 21.6 Å². The molecule has 4 N–H and O–H groups in total. The number of nitrogens with one attached hydrogen (secondary N) is 3. The predicted molar refractivity (Wildman–Crippen MR) is 175 cm³/mol. The largest absolute Gasteiger partial charge is 0.334 e. The molecular formula is C34H43N5O5S. The molecular weight excluding hydrogens is 590 g/mol. The zero-order valence-electron chi connectivity index (χ0n) is 25.4. The maximum Gasteiger partial charge on any atom is 0.318 e. The van der Waals surface area contributed by atoms with Crippen molar-refractivity contribution in [3.05, 3.63) is 109 Å². The molecule has 0 radical (unpaired) electrons. The van der Waals surface area contributed by atoms with Gasteiger partial charge in [-0.1, -0.05) is 66.7 Å². The lowest BCUT2D eigenvalue weighted by molar-refractivity contribution is -0.215. The zero-order valence-corrected chi connectivity index (χ0v) is 26.2. The summed E-state index contributed by atoms with van der Waals surface area (Å²) < 4.78 is 29.2. The molecule has 1 saturated carbocycles. The summed E-state index contributed by atoms with van der Waals surface area (Å²) in [5.41, 5.74) is 5.13. The van der Waals surface area contributed by atoms with Gasteiger partial charge in [0.05, 0.1) is 10.6 Å². The van der Waals surface area contributed by atoms with Crippen molar-refractivity contribution in [1.82, 2.24) is 19.8 Å². The van der Waals surface area contributed by atoms with Gasteiger partial charge in [-0.25, -0.2) is 28.7 Å². The van der Waals surface area contributed by atoms with E-state index in [0.29, 0.717) is 29.6 Å². The minimum Gasteiger partial charge on any atom is -0.334 e. The lowest BCUT2D eigenvalue weighted by Gasteiger charge is -2.39. The molecule has 0 bridgehead atoms. The number of likely N-dealkylation sites (tertiary alicyclic amines) is 1. The van der Waals surface area contributed by atoms with E-state index >= 15 is 0 Å². The molecule has 10 nitrogen and oxygen atoms in total. The Bertz CT molecular complexity index is 1480. The molecule has 3 aromatic rings. The predicted octanol–water partition coefficient (Wildman–Crippen LogP) is 5.21. The highest BCUT2D eigenvalue weighted by atomic mass is 32.2. The summed E-state index contributed by atoms with van der Waals surface area (Å²) in [6, 6.07) is 26.0. The second kappa shape index (κ2) is 15.5. The van der Waals surface area contributed by atoms with Gasteiger partial charge in [0, 0.05) is 44.8 Å². The number of anilines is 1. The number of hydrogen-bond donors (Lipinski definition) is 4. The van der Waals surface area contributed by atoms with Crippen LogP contribution in [0, 0.1) is 5.92 Å². The Kier molecular flexibility index (Phi) is 11.2.